The molecule has 1 aliphatic heterocycles. The molecule has 13 heteroatoms. The topological polar surface area (TPSA) is 92.5 Å². The van der Waals surface area contributed by atoms with Gasteiger partial charge in [-0.3, -0.25) is 0 Å². The number of pyridine rings is 2. The Hall–Kier alpha value is -3.51. The summed E-state index contributed by atoms with van der Waals surface area (Å²) >= 11 is 6.21. The molecule has 192 valence electrons. The molecule has 4 rings (SSSR count). The van der Waals surface area contributed by atoms with Crippen molar-refractivity contribution in [1.29, 1.82) is 0 Å². The van der Waals surface area contributed by atoms with Crippen LogP contribution in [-0.4, -0.2) is 65.0 Å². The molecule has 1 N–H and O–H groups in total. The van der Waals surface area contributed by atoms with Gasteiger partial charge in [-0.25, -0.2) is 9.99 Å². The molecule has 2 aromatic heterocycles. The minimum atomic E-state index is -4.61. The summed E-state index contributed by atoms with van der Waals surface area (Å²) in [6, 6.07) is 7.80. The van der Waals surface area contributed by atoms with Crippen molar-refractivity contribution in [3.05, 3.63) is 41.6 Å². The number of ether oxygens (including phenoxy) is 3. The zero-order valence-corrected chi connectivity index (χ0v) is 20.3. The van der Waals surface area contributed by atoms with Gasteiger partial charge in [-0.2, -0.15) is 23.3 Å². The van der Waals surface area contributed by atoms with Crippen molar-refractivity contribution in [3.8, 4) is 23.4 Å². The molecule has 3 heterocycles. The normalized spacial score (nSPS) is 14.7. The van der Waals surface area contributed by atoms with E-state index < -0.39 is 12.3 Å². The van der Waals surface area contributed by atoms with E-state index in [4.69, 9.17) is 25.8 Å². The van der Waals surface area contributed by atoms with E-state index in [1.807, 2.05) is 11.8 Å². The molecular weight excluding hydrogens is 503 g/mol. The van der Waals surface area contributed by atoms with E-state index in [1.165, 1.54) is 31.5 Å². The highest BCUT2D eigenvalue weighted by Crippen LogP contribution is 2.41. The van der Waals surface area contributed by atoms with Crippen molar-refractivity contribution in [1.82, 2.24) is 14.9 Å². The average molecular weight is 526 g/mol. The van der Waals surface area contributed by atoms with Crippen LogP contribution < -0.4 is 19.2 Å². The Bertz CT molecular complexity index is 1290. The molecule has 1 aromatic carbocycles. The maximum absolute atomic E-state index is 13.4. The van der Waals surface area contributed by atoms with Crippen LogP contribution in [0.1, 0.15) is 13.8 Å². The molecule has 3 aromatic rings. The number of hydrogen-bond acceptors (Lipinski definition) is 9. The van der Waals surface area contributed by atoms with Gasteiger partial charge in [-0.05, 0) is 37.4 Å². The van der Waals surface area contributed by atoms with Crippen LogP contribution in [-0.2, 0) is 0 Å². The van der Waals surface area contributed by atoms with Crippen LogP contribution in [0.3, 0.4) is 0 Å². The fraction of sp³-hybridized carbons (Fsp3) is 0.348. The summed E-state index contributed by atoms with van der Waals surface area (Å²) in [4.78, 5) is 10.2. The number of nitrogens with zero attached hydrogens (tertiary/aromatic N) is 5. The van der Waals surface area contributed by atoms with Crippen molar-refractivity contribution in [2.75, 3.05) is 31.9 Å². The van der Waals surface area contributed by atoms with Crippen molar-refractivity contribution in [2.45, 2.75) is 26.1 Å². The number of amidine groups is 1. The highest BCUT2D eigenvalue weighted by molar-refractivity contribution is 6.31. The molecule has 1 aliphatic rings. The summed E-state index contributed by atoms with van der Waals surface area (Å²) in [6.07, 6.45) is -5.29. The van der Waals surface area contributed by atoms with E-state index >= 15 is 0 Å². The van der Waals surface area contributed by atoms with Crippen molar-refractivity contribution in [2.24, 2.45) is 5.10 Å². The van der Waals surface area contributed by atoms with Crippen molar-refractivity contribution < 1.29 is 32.5 Å². The Morgan fingerprint density at radius 3 is 2.61 bits per heavy atom. The molecule has 0 aliphatic carbocycles. The predicted octanol–water partition coefficient (Wildman–Crippen LogP) is 4.82. The molecule has 0 saturated carbocycles. The molecule has 0 spiro atoms. The Morgan fingerprint density at radius 1 is 1.19 bits per heavy atom. The standard InChI is InChI=1S/C23H23ClF3N5O4/c1-4-31-12-32(30-18(31)11-33)15-9-14-7-8-28-22(36-21-16(24)5-6-19(29-21)34-3)20(14)17(10-15)35-13(2)23(25,26)27/h5-10,13,33H,4,11-12H2,1-3H3. The van der Waals surface area contributed by atoms with Crippen LogP contribution in [0, 0.1) is 0 Å². The summed E-state index contributed by atoms with van der Waals surface area (Å²) in [5.41, 5.74) is 0.462. The second kappa shape index (κ2) is 10.2. The molecular formula is C23H23ClF3N5O4. The largest absolute Gasteiger partial charge is 0.481 e. The SMILES string of the molecule is CCN1CN(c2cc(OC(C)C(F)(F)F)c3c(Oc4nc(OC)ccc4Cl)nccc3c2)N=C1CO. The number of anilines is 1. The van der Waals surface area contributed by atoms with Gasteiger partial charge < -0.3 is 24.2 Å². The number of hydrogen-bond donors (Lipinski definition) is 1. The van der Waals surface area contributed by atoms with Crippen LogP contribution in [0.15, 0.2) is 41.6 Å². The van der Waals surface area contributed by atoms with E-state index in [-0.39, 0.29) is 40.4 Å². The van der Waals surface area contributed by atoms with Gasteiger partial charge >= 0.3 is 6.18 Å². The number of benzene rings is 1. The van der Waals surface area contributed by atoms with Crippen LogP contribution in [0.25, 0.3) is 10.8 Å². The Labute approximate surface area is 209 Å². The third-order valence-electron chi connectivity index (χ3n) is 5.46. The van der Waals surface area contributed by atoms with Gasteiger partial charge in [0.15, 0.2) is 11.9 Å². The fourth-order valence-electron chi connectivity index (χ4n) is 3.52. The number of methoxy groups -OCH3 is 1. The lowest BCUT2D eigenvalue weighted by Crippen LogP contribution is -2.32. The van der Waals surface area contributed by atoms with Gasteiger partial charge in [0.05, 0.1) is 18.2 Å². The van der Waals surface area contributed by atoms with Crippen LogP contribution >= 0.6 is 11.6 Å². The first kappa shape index (κ1) is 25.6. The number of halogens is 4. The minimum Gasteiger partial charge on any atom is -0.481 e. The second-order valence-corrected chi connectivity index (χ2v) is 8.18. The molecule has 0 radical (unpaired) electrons. The van der Waals surface area contributed by atoms with Crippen LogP contribution in [0.4, 0.5) is 18.9 Å². The number of aliphatic hydroxyl groups excluding tert-OH is 1. The Kier molecular flexibility index (Phi) is 7.27. The zero-order valence-electron chi connectivity index (χ0n) is 19.6. The van der Waals surface area contributed by atoms with Crippen molar-refractivity contribution in [3.63, 3.8) is 0 Å². The third kappa shape index (κ3) is 5.19. The van der Waals surface area contributed by atoms with Gasteiger partial charge in [0, 0.05) is 24.9 Å². The molecule has 0 bridgehead atoms. The van der Waals surface area contributed by atoms with E-state index in [9.17, 15) is 18.3 Å². The molecule has 36 heavy (non-hydrogen) atoms. The number of fused-ring (bicyclic) bond motifs is 1. The van der Waals surface area contributed by atoms with E-state index in [2.05, 4.69) is 15.1 Å². The molecule has 0 saturated heterocycles. The van der Waals surface area contributed by atoms with E-state index in [1.54, 1.807) is 17.1 Å². The van der Waals surface area contributed by atoms with Gasteiger partial charge in [-0.15, -0.1) is 0 Å². The lowest BCUT2D eigenvalue weighted by Gasteiger charge is -2.23. The first-order valence-corrected chi connectivity index (χ1v) is 11.3. The number of rotatable bonds is 8. The highest BCUT2D eigenvalue weighted by atomic mass is 35.5. The van der Waals surface area contributed by atoms with Gasteiger partial charge in [0.2, 0.25) is 17.6 Å². The molecule has 1 unspecified atom stereocenters. The second-order valence-electron chi connectivity index (χ2n) is 7.77. The summed E-state index contributed by atoms with van der Waals surface area (Å²) in [5, 5.41) is 16.4. The first-order chi connectivity index (χ1) is 17.1. The van der Waals surface area contributed by atoms with E-state index in [0.717, 1.165) is 6.92 Å². The number of aliphatic hydroxyl groups is 1. The van der Waals surface area contributed by atoms with E-state index in [0.29, 0.717) is 30.1 Å². The molecule has 9 nitrogen and oxygen atoms in total. The first-order valence-electron chi connectivity index (χ1n) is 10.9. The predicted molar refractivity (Wildman–Crippen MR) is 128 cm³/mol. The quantitative estimate of drug-likeness (QED) is 0.447. The lowest BCUT2D eigenvalue weighted by atomic mass is 10.1. The highest BCUT2D eigenvalue weighted by Gasteiger charge is 2.38. The summed E-state index contributed by atoms with van der Waals surface area (Å²) < 4.78 is 56.6. The minimum absolute atomic E-state index is 0.0368. The summed E-state index contributed by atoms with van der Waals surface area (Å²) in [5.74, 6) is 0.463. The number of alkyl halides is 3. The smallest absolute Gasteiger partial charge is 0.425 e. The van der Waals surface area contributed by atoms with Crippen LogP contribution in [0.2, 0.25) is 5.02 Å². The monoisotopic (exact) mass is 525 g/mol. The lowest BCUT2D eigenvalue weighted by molar-refractivity contribution is -0.189. The number of aromatic nitrogens is 2. The van der Waals surface area contributed by atoms with Gasteiger partial charge in [0.25, 0.3) is 0 Å². The molecule has 0 fully saturated rings. The number of likely N-dealkylation sites (N-methyl/N-ethyl adjacent to an activating group) is 1. The summed E-state index contributed by atoms with van der Waals surface area (Å²) in [7, 11) is 1.42. The number of hydrazone groups is 1. The summed E-state index contributed by atoms with van der Waals surface area (Å²) in [6.45, 7) is 3.44. The average Bonchev–Trinajstić information content (AvgIpc) is 3.28. The van der Waals surface area contributed by atoms with Gasteiger partial charge in [-0.1, -0.05) is 11.6 Å². The van der Waals surface area contributed by atoms with Crippen LogP contribution in [0.5, 0.6) is 23.4 Å². The maximum atomic E-state index is 13.4. The maximum Gasteiger partial charge on any atom is 0.425 e. The molecule has 1 atom stereocenters. The fourth-order valence-corrected chi connectivity index (χ4v) is 3.67. The van der Waals surface area contributed by atoms with Gasteiger partial charge in [0.1, 0.15) is 24.0 Å². The Balaban J connectivity index is 1.84. The Morgan fingerprint density at radius 2 is 1.97 bits per heavy atom. The van der Waals surface area contributed by atoms with Crippen molar-refractivity contribution >= 4 is 33.9 Å². The molecule has 0 amide bonds. The zero-order chi connectivity index (χ0) is 26.0. The third-order valence-corrected chi connectivity index (χ3v) is 5.75.